The van der Waals surface area contributed by atoms with Gasteiger partial charge in [0.25, 0.3) is 23.6 Å². The molecule has 6 aromatic rings. The van der Waals surface area contributed by atoms with Crippen molar-refractivity contribution >= 4 is 64.9 Å². The lowest BCUT2D eigenvalue weighted by atomic mass is 9.89. The highest BCUT2D eigenvalue weighted by molar-refractivity contribution is 6.08. The molecule has 1 aliphatic rings. The minimum absolute atomic E-state index is 0. The largest absolute Gasteiger partial charge is 0.472 e. The van der Waals surface area contributed by atoms with E-state index in [0.29, 0.717) is 28.3 Å². The molecule has 1 fully saturated rings. The van der Waals surface area contributed by atoms with E-state index >= 15 is 0 Å². The van der Waals surface area contributed by atoms with Crippen LogP contribution in [0.3, 0.4) is 0 Å². The lowest BCUT2D eigenvalue weighted by molar-refractivity contribution is -0.150. The van der Waals surface area contributed by atoms with Crippen LogP contribution in [0.1, 0.15) is 60.4 Å². The Morgan fingerprint density at radius 3 is 1.75 bits per heavy atom. The van der Waals surface area contributed by atoms with Crippen LogP contribution >= 0.6 is 12.4 Å². The van der Waals surface area contributed by atoms with Crippen LogP contribution in [0.15, 0.2) is 110 Å². The Hall–Kier alpha value is -7.86. The minimum Gasteiger partial charge on any atom is -0.472 e. The zero-order valence-electron chi connectivity index (χ0n) is 34.9. The van der Waals surface area contributed by atoms with E-state index in [9.17, 15) is 24.0 Å². The van der Waals surface area contributed by atoms with Crippen LogP contribution in [-0.4, -0.2) is 72.1 Å². The zero-order valence-corrected chi connectivity index (χ0v) is 35.7. The van der Waals surface area contributed by atoms with E-state index in [2.05, 4.69) is 32.9 Å². The van der Waals surface area contributed by atoms with Gasteiger partial charge in [-0.3, -0.25) is 29.3 Å². The number of hydrogen-bond acceptors (Lipinski definition) is 9. The molecule has 326 valence electrons. The molecular weight excluding hydrogens is 830 g/mol. The molecule has 7 N–H and O–H groups in total. The summed E-state index contributed by atoms with van der Waals surface area (Å²) in [4.78, 5) is 65.3. The summed E-state index contributed by atoms with van der Waals surface area (Å²) < 4.78 is 18.0. The number of rotatable bonds is 15. The number of carbonyl (C=O) groups is 5. The summed E-state index contributed by atoms with van der Waals surface area (Å²) in [6, 6.07) is 23.6. The van der Waals surface area contributed by atoms with Gasteiger partial charge in [-0.2, -0.15) is 0 Å². The van der Waals surface area contributed by atoms with Crippen LogP contribution in [0.25, 0.3) is 11.1 Å². The van der Waals surface area contributed by atoms with Gasteiger partial charge in [0.2, 0.25) is 5.88 Å². The van der Waals surface area contributed by atoms with Crippen LogP contribution in [0.4, 0.5) is 17.1 Å². The first-order valence-corrected chi connectivity index (χ1v) is 19.4. The normalized spacial score (nSPS) is 14.3. The van der Waals surface area contributed by atoms with E-state index < -0.39 is 29.3 Å². The van der Waals surface area contributed by atoms with Gasteiger partial charge in [-0.15, -0.1) is 17.5 Å². The van der Waals surface area contributed by atoms with Crippen molar-refractivity contribution in [3.63, 3.8) is 0 Å². The number of amidine groups is 1. The Morgan fingerprint density at radius 2 is 1.25 bits per heavy atom. The monoisotopic (exact) mass is 875 g/mol. The fourth-order valence-corrected chi connectivity index (χ4v) is 7.10. The fraction of sp³-hybridized carbons (Fsp3) is 0.205. The lowest BCUT2D eigenvalue weighted by Crippen LogP contribution is -2.33. The number of anilines is 3. The summed E-state index contributed by atoms with van der Waals surface area (Å²) >= 11 is 0. The topological polar surface area (TPSA) is 234 Å². The molecule has 18 nitrogen and oxygen atoms in total. The van der Waals surface area contributed by atoms with Gasteiger partial charge in [0, 0.05) is 77.8 Å². The van der Waals surface area contributed by atoms with Crippen molar-refractivity contribution in [3.8, 4) is 17.0 Å². The summed E-state index contributed by atoms with van der Waals surface area (Å²) in [7, 11) is 6.55. The van der Waals surface area contributed by atoms with Gasteiger partial charge < -0.3 is 50.2 Å². The van der Waals surface area contributed by atoms with Crippen LogP contribution in [0, 0.1) is 5.41 Å². The Kier molecular flexibility index (Phi) is 13.1. The molecule has 1 unspecified atom stereocenters. The molecule has 0 spiro atoms. The third-order valence-electron chi connectivity index (χ3n) is 10.3. The number of nitrogens with two attached hydrogens (primary N) is 1. The maximum Gasteiger partial charge on any atom is 0.334 e. The van der Waals surface area contributed by atoms with Gasteiger partial charge in [-0.25, -0.2) is 4.79 Å². The Morgan fingerprint density at radius 1 is 0.762 bits per heavy atom. The number of carbonyl (C=O) groups excluding carboxylic acids is 5. The van der Waals surface area contributed by atoms with Crippen molar-refractivity contribution < 1.29 is 33.4 Å². The third kappa shape index (κ3) is 9.87. The molecule has 63 heavy (non-hydrogen) atoms. The highest BCUT2D eigenvalue weighted by Gasteiger charge is 2.45. The number of cyclic esters (lactones) is 1. The van der Waals surface area contributed by atoms with Crippen molar-refractivity contribution in [3.05, 3.63) is 138 Å². The second kappa shape index (κ2) is 18.4. The zero-order chi connectivity index (χ0) is 44.3. The summed E-state index contributed by atoms with van der Waals surface area (Å²) in [5.74, 6) is -2.29. The van der Waals surface area contributed by atoms with Crippen molar-refractivity contribution in [1.82, 2.24) is 28.8 Å². The first-order valence-electron chi connectivity index (χ1n) is 19.4. The Balaban J connectivity index is 0.00000661. The van der Waals surface area contributed by atoms with Crippen molar-refractivity contribution in [2.24, 2.45) is 33.9 Å². The highest BCUT2D eigenvalue weighted by Crippen LogP contribution is 2.40. The molecule has 0 saturated carbocycles. The average molecular weight is 876 g/mol. The van der Waals surface area contributed by atoms with E-state index in [1.165, 1.54) is 28.9 Å². The average Bonchev–Trinajstić information content (AvgIpc) is 4.05. The van der Waals surface area contributed by atoms with Gasteiger partial charge in [-0.05, 0) is 34.9 Å². The van der Waals surface area contributed by atoms with Gasteiger partial charge in [0.15, 0.2) is 5.60 Å². The van der Waals surface area contributed by atoms with Gasteiger partial charge in [-0.1, -0.05) is 61.2 Å². The molecular formula is C44H46ClN11O7. The predicted molar refractivity (Wildman–Crippen MR) is 238 cm³/mol. The standard InChI is InChI=1S/C44H45N11O7.ClH/c1-26-21-44(62-43(26)60,29-13-11-28(12-14-29)27-9-7-6-8-10-27)25-61-38-20-36(55(5)51-38)42(59)50-32-19-35(54(4)24-32)41(58)49-31-18-34(53(3)23-31)40(57)48-30-17-33(52(2)22-30)39(56)47-16-15-37(45)46;/h6-14,17-20,22-24H,1,15-16,21,25H2,2-5H3,(H3,45,46)(H,47,56)(H,48,57)(H,49,58)(H,50,59);1H. The molecule has 7 rings (SSSR count). The molecule has 4 amide bonds. The second-order valence-corrected chi connectivity index (χ2v) is 15.0. The van der Waals surface area contributed by atoms with E-state index in [0.717, 1.165) is 16.7 Å². The molecule has 4 aromatic heterocycles. The molecule has 1 atom stereocenters. The first-order chi connectivity index (χ1) is 29.6. The number of aryl methyl sites for hydroxylation is 4. The van der Waals surface area contributed by atoms with E-state index in [-0.39, 0.29) is 73.1 Å². The highest BCUT2D eigenvalue weighted by atomic mass is 35.5. The first kappa shape index (κ1) is 44.7. The number of aromatic nitrogens is 5. The van der Waals surface area contributed by atoms with Crippen molar-refractivity contribution in [2.45, 2.75) is 18.4 Å². The van der Waals surface area contributed by atoms with Gasteiger partial charge in [0.1, 0.15) is 29.4 Å². The molecule has 5 heterocycles. The van der Waals surface area contributed by atoms with Crippen LogP contribution < -0.4 is 31.7 Å². The van der Waals surface area contributed by atoms with E-state index in [1.54, 1.807) is 60.5 Å². The predicted octanol–water partition coefficient (Wildman–Crippen LogP) is 5.11. The van der Waals surface area contributed by atoms with Crippen LogP contribution in [0.5, 0.6) is 5.88 Å². The molecule has 1 saturated heterocycles. The minimum atomic E-state index is -1.15. The quantitative estimate of drug-likeness (QED) is 0.0348. The van der Waals surface area contributed by atoms with Gasteiger partial charge in [0.05, 0.1) is 22.9 Å². The Labute approximate surface area is 368 Å². The second-order valence-electron chi connectivity index (χ2n) is 15.0. The number of nitrogens with zero attached hydrogens (tertiary/aromatic N) is 5. The summed E-state index contributed by atoms with van der Waals surface area (Å²) in [6.07, 6.45) is 5.18. The maximum absolute atomic E-state index is 13.5. The number of benzene rings is 2. The SMILES string of the molecule is C=C1CC(COc2cc(C(=O)Nc3cc(C(=O)Nc4cc(C(=O)Nc5cc(C(=O)NCCC(=N)N)n(C)c5)n(C)c4)n(C)c3)n(C)n2)(c2ccc(-c3ccccc3)cc2)OC1=O.Cl. The molecule has 0 radical (unpaired) electrons. The molecule has 19 heteroatoms. The number of ether oxygens (including phenoxy) is 2. The van der Waals surface area contributed by atoms with Crippen LogP contribution in [0.2, 0.25) is 0 Å². The van der Waals surface area contributed by atoms with E-state index in [1.807, 2.05) is 54.6 Å². The molecule has 2 aromatic carbocycles. The van der Waals surface area contributed by atoms with Crippen LogP contribution in [-0.2, 0) is 43.3 Å². The Bertz CT molecular complexity index is 2730. The smallest absolute Gasteiger partial charge is 0.334 e. The number of hydrogen-bond donors (Lipinski definition) is 6. The lowest BCUT2D eigenvalue weighted by Gasteiger charge is -2.27. The molecule has 1 aliphatic heterocycles. The molecule has 0 bridgehead atoms. The van der Waals surface area contributed by atoms with Crippen molar-refractivity contribution in [1.29, 1.82) is 5.41 Å². The molecule has 0 aliphatic carbocycles. The fourth-order valence-electron chi connectivity index (χ4n) is 7.10. The summed E-state index contributed by atoms with van der Waals surface area (Å²) in [6.45, 7) is 4.00. The number of nitrogens with one attached hydrogen (secondary N) is 5. The number of esters is 1. The number of halogens is 1. The number of amides is 4. The van der Waals surface area contributed by atoms with Crippen molar-refractivity contribution in [2.75, 3.05) is 29.1 Å². The summed E-state index contributed by atoms with van der Waals surface area (Å²) in [5, 5.41) is 22.7. The van der Waals surface area contributed by atoms with Gasteiger partial charge >= 0.3 is 5.97 Å². The van der Waals surface area contributed by atoms with E-state index in [4.69, 9.17) is 20.6 Å². The third-order valence-corrected chi connectivity index (χ3v) is 10.3. The summed E-state index contributed by atoms with van der Waals surface area (Å²) in [5.41, 5.74) is 9.28. The maximum atomic E-state index is 13.5.